The molecule has 0 saturated carbocycles. The van der Waals surface area contributed by atoms with Crippen molar-refractivity contribution in [2.75, 3.05) is 33.8 Å². The van der Waals surface area contributed by atoms with Crippen molar-refractivity contribution in [3.8, 4) is 11.5 Å². The Balaban J connectivity index is 1.94. The number of phenolic OH excluding ortho intramolecular Hbond substituents is 1. The summed E-state index contributed by atoms with van der Waals surface area (Å²) in [5.74, 6) is 0.980. The maximum atomic E-state index is 10.1. The van der Waals surface area contributed by atoms with Crippen molar-refractivity contribution in [3.05, 3.63) is 23.8 Å². The zero-order valence-corrected chi connectivity index (χ0v) is 13.6. The Morgan fingerprint density at radius 3 is 2.62 bits per heavy atom. The van der Waals surface area contributed by atoms with E-state index < -0.39 is 0 Å². The van der Waals surface area contributed by atoms with Crippen molar-refractivity contribution in [1.82, 2.24) is 10.2 Å². The van der Waals surface area contributed by atoms with Gasteiger partial charge in [-0.1, -0.05) is 13.0 Å². The maximum Gasteiger partial charge on any atom is 0.124 e. The number of aromatic hydroxyl groups is 1. The number of likely N-dealkylation sites (tertiary alicyclic amines) is 1. The Kier molecular flexibility index (Phi) is 5.12. The summed E-state index contributed by atoms with van der Waals surface area (Å²) >= 11 is 0. The number of ether oxygens (including phenoxy) is 1. The lowest BCUT2D eigenvalue weighted by Crippen LogP contribution is -2.42. The van der Waals surface area contributed by atoms with Crippen LogP contribution < -0.4 is 10.1 Å². The first-order chi connectivity index (χ1) is 9.93. The summed E-state index contributed by atoms with van der Waals surface area (Å²) in [4.78, 5) is 2.39. The highest BCUT2D eigenvalue weighted by atomic mass is 16.5. The number of hydrogen-bond acceptors (Lipinski definition) is 4. The molecule has 4 nitrogen and oxygen atoms in total. The van der Waals surface area contributed by atoms with E-state index in [4.69, 9.17) is 4.74 Å². The summed E-state index contributed by atoms with van der Waals surface area (Å²) in [5.41, 5.74) is 1.27. The van der Waals surface area contributed by atoms with Gasteiger partial charge in [0.2, 0.25) is 0 Å². The Morgan fingerprint density at radius 2 is 2.05 bits per heavy atom. The van der Waals surface area contributed by atoms with Gasteiger partial charge in [-0.15, -0.1) is 0 Å². The minimum Gasteiger partial charge on any atom is -0.507 e. The predicted octanol–water partition coefficient (Wildman–Crippen LogP) is 2.78. The molecule has 2 N–H and O–H groups in total. The number of benzene rings is 1. The molecular formula is C17H28N2O2. The molecule has 1 aromatic rings. The van der Waals surface area contributed by atoms with Crippen LogP contribution >= 0.6 is 0 Å². The van der Waals surface area contributed by atoms with Gasteiger partial charge in [0.15, 0.2) is 0 Å². The van der Waals surface area contributed by atoms with Crippen LogP contribution in [0.15, 0.2) is 18.2 Å². The second kappa shape index (κ2) is 6.67. The van der Waals surface area contributed by atoms with Crippen LogP contribution in [0.3, 0.4) is 0 Å². The van der Waals surface area contributed by atoms with Crippen molar-refractivity contribution in [3.63, 3.8) is 0 Å². The highest BCUT2D eigenvalue weighted by Crippen LogP contribution is 2.32. The van der Waals surface area contributed by atoms with Crippen LogP contribution in [-0.4, -0.2) is 43.8 Å². The lowest BCUT2D eigenvalue weighted by Gasteiger charge is -2.38. The minimum absolute atomic E-state index is 0.132. The standard InChI is InChI=1S/C17H28N2O2/c1-13(15-6-5-14(21-4)11-16(15)20)18-12-17(2)7-9-19(3)10-8-17/h5-6,11,13,18,20H,7-10,12H2,1-4H3. The number of nitrogens with zero attached hydrogens (tertiary/aromatic N) is 1. The topological polar surface area (TPSA) is 44.7 Å². The summed E-state index contributed by atoms with van der Waals surface area (Å²) in [6, 6.07) is 5.63. The van der Waals surface area contributed by atoms with Crippen molar-refractivity contribution in [1.29, 1.82) is 0 Å². The molecule has 1 aliphatic rings. The van der Waals surface area contributed by atoms with E-state index in [9.17, 15) is 5.11 Å². The largest absolute Gasteiger partial charge is 0.507 e. The van der Waals surface area contributed by atoms with Crippen LogP contribution in [-0.2, 0) is 0 Å². The lowest BCUT2D eigenvalue weighted by atomic mass is 9.80. The molecule has 0 spiro atoms. The molecule has 1 unspecified atom stereocenters. The average Bonchev–Trinajstić information content (AvgIpc) is 2.48. The van der Waals surface area contributed by atoms with Gasteiger partial charge in [0.1, 0.15) is 11.5 Å². The molecule has 21 heavy (non-hydrogen) atoms. The fourth-order valence-corrected chi connectivity index (χ4v) is 2.86. The van der Waals surface area contributed by atoms with E-state index in [1.54, 1.807) is 13.2 Å². The fraction of sp³-hybridized carbons (Fsp3) is 0.647. The smallest absolute Gasteiger partial charge is 0.124 e. The fourth-order valence-electron chi connectivity index (χ4n) is 2.86. The molecule has 1 aromatic carbocycles. The van der Waals surface area contributed by atoms with Gasteiger partial charge in [-0.2, -0.15) is 0 Å². The monoisotopic (exact) mass is 292 g/mol. The SMILES string of the molecule is COc1ccc(C(C)NCC2(C)CCN(C)CC2)c(O)c1. The number of piperidine rings is 1. The molecule has 0 aromatic heterocycles. The summed E-state index contributed by atoms with van der Waals surface area (Å²) in [6.07, 6.45) is 2.44. The van der Waals surface area contributed by atoms with Gasteiger partial charge in [-0.3, -0.25) is 0 Å². The first-order valence-electron chi connectivity index (χ1n) is 7.72. The van der Waals surface area contributed by atoms with E-state index in [1.165, 1.54) is 25.9 Å². The van der Waals surface area contributed by atoms with Crippen LogP contribution in [0.4, 0.5) is 0 Å². The number of rotatable bonds is 5. The number of hydrogen-bond donors (Lipinski definition) is 2. The number of phenols is 1. The quantitative estimate of drug-likeness (QED) is 0.876. The Labute approximate surface area is 128 Å². The molecule has 1 aliphatic heterocycles. The van der Waals surface area contributed by atoms with Crippen LogP contribution in [0.2, 0.25) is 0 Å². The predicted molar refractivity (Wildman–Crippen MR) is 85.9 cm³/mol. The molecule has 1 heterocycles. The maximum absolute atomic E-state index is 10.1. The molecule has 4 heteroatoms. The summed E-state index contributed by atoms with van der Waals surface area (Å²) < 4.78 is 5.13. The molecular weight excluding hydrogens is 264 g/mol. The van der Waals surface area contributed by atoms with E-state index in [0.717, 1.165) is 12.1 Å². The first-order valence-corrected chi connectivity index (χ1v) is 7.72. The van der Waals surface area contributed by atoms with Crippen LogP contribution in [0.1, 0.15) is 38.3 Å². The Hall–Kier alpha value is -1.26. The Bertz CT molecular complexity index is 468. The molecule has 0 aliphatic carbocycles. The van der Waals surface area contributed by atoms with Gasteiger partial charge >= 0.3 is 0 Å². The van der Waals surface area contributed by atoms with E-state index in [2.05, 4.69) is 31.1 Å². The minimum atomic E-state index is 0.132. The van der Waals surface area contributed by atoms with E-state index in [0.29, 0.717) is 16.9 Å². The summed E-state index contributed by atoms with van der Waals surface area (Å²) in [6.45, 7) is 7.77. The molecule has 0 amide bonds. The van der Waals surface area contributed by atoms with Gasteiger partial charge in [-0.05, 0) is 51.4 Å². The van der Waals surface area contributed by atoms with Crippen molar-refractivity contribution >= 4 is 0 Å². The molecule has 1 saturated heterocycles. The zero-order valence-electron chi connectivity index (χ0n) is 13.6. The van der Waals surface area contributed by atoms with E-state index in [-0.39, 0.29) is 6.04 Å². The second-order valence-electron chi connectivity index (χ2n) is 6.64. The molecule has 0 radical (unpaired) electrons. The summed E-state index contributed by atoms with van der Waals surface area (Å²) in [7, 11) is 3.79. The Morgan fingerprint density at radius 1 is 1.38 bits per heavy atom. The normalized spacial score (nSPS) is 20.2. The van der Waals surface area contributed by atoms with Crippen molar-refractivity contribution in [2.24, 2.45) is 5.41 Å². The second-order valence-corrected chi connectivity index (χ2v) is 6.64. The lowest BCUT2D eigenvalue weighted by molar-refractivity contribution is 0.134. The third-order valence-electron chi connectivity index (χ3n) is 4.73. The highest BCUT2D eigenvalue weighted by Gasteiger charge is 2.29. The van der Waals surface area contributed by atoms with Crippen molar-refractivity contribution < 1.29 is 9.84 Å². The number of nitrogens with one attached hydrogen (secondary N) is 1. The van der Waals surface area contributed by atoms with Gasteiger partial charge < -0.3 is 20.1 Å². The van der Waals surface area contributed by atoms with Gasteiger partial charge in [-0.25, -0.2) is 0 Å². The van der Waals surface area contributed by atoms with Crippen LogP contribution in [0, 0.1) is 5.41 Å². The molecule has 0 bridgehead atoms. The third-order valence-corrected chi connectivity index (χ3v) is 4.73. The molecule has 118 valence electrons. The molecule has 2 rings (SSSR count). The van der Waals surface area contributed by atoms with Gasteiger partial charge in [0.25, 0.3) is 0 Å². The van der Waals surface area contributed by atoms with Crippen LogP contribution in [0.5, 0.6) is 11.5 Å². The van der Waals surface area contributed by atoms with Gasteiger partial charge in [0.05, 0.1) is 7.11 Å². The van der Waals surface area contributed by atoms with Crippen molar-refractivity contribution in [2.45, 2.75) is 32.7 Å². The third kappa shape index (κ3) is 4.11. The highest BCUT2D eigenvalue weighted by molar-refractivity contribution is 5.41. The zero-order chi connectivity index (χ0) is 15.5. The van der Waals surface area contributed by atoms with E-state index in [1.807, 2.05) is 12.1 Å². The molecule has 1 fully saturated rings. The summed E-state index contributed by atoms with van der Waals surface area (Å²) in [5, 5.41) is 13.7. The average molecular weight is 292 g/mol. The molecule has 1 atom stereocenters. The first kappa shape index (κ1) is 16.1. The van der Waals surface area contributed by atoms with Gasteiger partial charge in [0, 0.05) is 24.2 Å². The van der Waals surface area contributed by atoms with Crippen LogP contribution in [0.25, 0.3) is 0 Å². The van der Waals surface area contributed by atoms with E-state index >= 15 is 0 Å². The number of methoxy groups -OCH3 is 1.